The van der Waals surface area contributed by atoms with Gasteiger partial charge in [0.2, 0.25) is 5.91 Å². The molecule has 0 spiro atoms. The lowest BCUT2D eigenvalue weighted by Crippen LogP contribution is -2.22. The number of hydrogen-bond acceptors (Lipinski definition) is 4. The number of carbonyl (C=O) groups is 1. The molecule has 1 heterocycles. The molecule has 0 aliphatic rings. The van der Waals surface area contributed by atoms with Crippen LogP contribution in [-0.4, -0.2) is 23.7 Å². The van der Waals surface area contributed by atoms with Gasteiger partial charge in [-0.2, -0.15) is 0 Å². The minimum atomic E-state index is -0.486. The van der Waals surface area contributed by atoms with Crippen LogP contribution in [0.3, 0.4) is 0 Å². The number of nitrogens with one attached hydrogen (secondary N) is 2. The highest BCUT2D eigenvalue weighted by atomic mass is 19.1. The van der Waals surface area contributed by atoms with Gasteiger partial charge in [0.25, 0.3) is 0 Å². The number of carbonyl (C=O) groups excluding carboxylic acids is 1. The molecule has 0 saturated heterocycles. The monoisotopic (exact) mass is 362 g/mol. The smallest absolute Gasteiger partial charge is 0.236 e. The fourth-order valence-corrected chi connectivity index (χ4v) is 2.85. The Labute approximate surface area is 156 Å². The minimum absolute atomic E-state index is 0.0264. The van der Waals surface area contributed by atoms with Gasteiger partial charge in [-0.05, 0) is 48.4 Å². The molecule has 6 heteroatoms. The van der Waals surface area contributed by atoms with E-state index in [1.54, 1.807) is 31.3 Å². The standard InChI is InChI=1S/C21H19FN4O/c1-13-9-15(6-7-18(13)22)21-17(3-2-8-25-21)14-4-5-16(11-23)19(10-14)26-12-20(24)27/h2-11,23,26H,12H2,1H3,(H2,24,27). The second kappa shape index (κ2) is 7.78. The number of nitrogens with zero attached hydrogens (tertiary/aromatic N) is 1. The Kier molecular flexibility index (Phi) is 5.26. The number of benzene rings is 2. The van der Waals surface area contributed by atoms with Crippen LogP contribution in [0.25, 0.3) is 22.4 Å². The number of aromatic nitrogens is 1. The molecule has 0 bridgehead atoms. The summed E-state index contributed by atoms with van der Waals surface area (Å²) in [4.78, 5) is 15.6. The van der Waals surface area contributed by atoms with Crippen molar-refractivity contribution in [3.05, 3.63) is 71.7 Å². The summed E-state index contributed by atoms with van der Waals surface area (Å²) in [6, 6.07) is 14.2. The fourth-order valence-electron chi connectivity index (χ4n) is 2.85. The molecule has 0 unspecified atom stereocenters. The number of pyridine rings is 1. The van der Waals surface area contributed by atoms with Gasteiger partial charge < -0.3 is 16.5 Å². The molecule has 0 radical (unpaired) electrons. The van der Waals surface area contributed by atoms with Gasteiger partial charge in [-0.15, -0.1) is 0 Å². The summed E-state index contributed by atoms with van der Waals surface area (Å²) in [6.07, 6.45) is 2.90. The second-order valence-corrected chi connectivity index (χ2v) is 6.13. The molecule has 3 rings (SSSR count). The number of rotatable bonds is 6. The molecular formula is C21H19FN4O. The molecule has 1 amide bonds. The van der Waals surface area contributed by atoms with Gasteiger partial charge in [-0.25, -0.2) is 4.39 Å². The summed E-state index contributed by atoms with van der Waals surface area (Å²) >= 11 is 0. The van der Waals surface area contributed by atoms with Crippen molar-refractivity contribution < 1.29 is 9.18 Å². The molecule has 0 saturated carbocycles. The average molecular weight is 362 g/mol. The Morgan fingerprint density at radius 1 is 1.22 bits per heavy atom. The van der Waals surface area contributed by atoms with Crippen molar-refractivity contribution in [2.45, 2.75) is 6.92 Å². The third-order valence-electron chi connectivity index (χ3n) is 4.21. The lowest BCUT2D eigenvalue weighted by Gasteiger charge is -2.13. The molecule has 5 nitrogen and oxygen atoms in total. The van der Waals surface area contributed by atoms with Crippen LogP contribution in [0.1, 0.15) is 11.1 Å². The molecule has 3 aromatic rings. The first-order chi connectivity index (χ1) is 13.0. The van der Waals surface area contributed by atoms with Crippen molar-refractivity contribution in [3.63, 3.8) is 0 Å². The van der Waals surface area contributed by atoms with E-state index in [0.717, 1.165) is 22.4 Å². The van der Waals surface area contributed by atoms with Crippen LogP contribution in [0.4, 0.5) is 10.1 Å². The van der Waals surface area contributed by atoms with Crippen LogP contribution in [0.5, 0.6) is 0 Å². The summed E-state index contributed by atoms with van der Waals surface area (Å²) in [5.41, 5.74) is 10.3. The van der Waals surface area contributed by atoms with E-state index < -0.39 is 5.91 Å². The zero-order valence-electron chi connectivity index (χ0n) is 14.8. The Morgan fingerprint density at radius 3 is 2.70 bits per heavy atom. The van der Waals surface area contributed by atoms with Crippen molar-refractivity contribution in [2.24, 2.45) is 5.73 Å². The van der Waals surface area contributed by atoms with Crippen molar-refractivity contribution in [1.29, 1.82) is 5.41 Å². The zero-order valence-corrected chi connectivity index (χ0v) is 14.8. The second-order valence-electron chi connectivity index (χ2n) is 6.13. The topological polar surface area (TPSA) is 91.9 Å². The molecule has 0 aliphatic heterocycles. The number of amides is 1. The largest absolute Gasteiger partial charge is 0.376 e. The van der Waals surface area contributed by atoms with Gasteiger partial charge >= 0.3 is 0 Å². The first-order valence-electron chi connectivity index (χ1n) is 8.38. The van der Waals surface area contributed by atoms with Crippen LogP contribution in [0.2, 0.25) is 0 Å². The maximum atomic E-state index is 13.6. The Hall–Kier alpha value is -3.54. The highest BCUT2D eigenvalue weighted by Crippen LogP contribution is 2.33. The third kappa shape index (κ3) is 4.00. The highest BCUT2D eigenvalue weighted by Gasteiger charge is 2.12. The van der Waals surface area contributed by atoms with E-state index in [1.165, 1.54) is 12.3 Å². The molecule has 136 valence electrons. The normalized spacial score (nSPS) is 10.4. The predicted molar refractivity (Wildman–Crippen MR) is 105 cm³/mol. The van der Waals surface area contributed by atoms with Crippen molar-refractivity contribution >= 4 is 17.8 Å². The van der Waals surface area contributed by atoms with Gasteiger partial charge in [0, 0.05) is 34.8 Å². The van der Waals surface area contributed by atoms with E-state index in [9.17, 15) is 9.18 Å². The molecule has 27 heavy (non-hydrogen) atoms. The highest BCUT2D eigenvalue weighted by molar-refractivity contribution is 5.91. The Morgan fingerprint density at radius 2 is 2.00 bits per heavy atom. The third-order valence-corrected chi connectivity index (χ3v) is 4.21. The van der Waals surface area contributed by atoms with Gasteiger partial charge in [0.1, 0.15) is 5.82 Å². The Balaban J connectivity index is 2.09. The van der Waals surface area contributed by atoms with Crippen molar-refractivity contribution in [2.75, 3.05) is 11.9 Å². The molecule has 1 aromatic heterocycles. The SMILES string of the molecule is Cc1cc(-c2ncccc2-c2ccc(C=N)c(NCC(N)=O)c2)ccc1F. The van der Waals surface area contributed by atoms with Crippen LogP contribution in [-0.2, 0) is 4.79 Å². The van der Waals surface area contributed by atoms with E-state index in [-0.39, 0.29) is 12.4 Å². The Bertz CT molecular complexity index is 1020. The van der Waals surface area contributed by atoms with E-state index >= 15 is 0 Å². The number of primary amides is 1. The van der Waals surface area contributed by atoms with Crippen LogP contribution >= 0.6 is 0 Å². The van der Waals surface area contributed by atoms with Gasteiger partial charge in [0.05, 0.1) is 12.2 Å². The lowest BCUT2D eigenvalue weighted by atomic mass is 9.97. The van der Waals surface area contributed by atoms with Crippen molar-refractivity contribution in [3.8, 4) is 22.4 Å². The number of nitrogens with two attached hydrogens (primary N) is 1. The first-order valence-corrected chi connectivity index (χ1v) is 8.38. The van der Waals surface area contributed by atoms with E-state index in [0.29, 0.717) is 16.8 Å². The van der Waals surface area contributed by atoms with E-state index in [2.05, 4.69) is 10.3 Å². The van der Waals surface area contributed by atoms with Crippen LogP contribution < -0.4 is 11.1 Å². The molecular weight excluding hydrogens is 343 g/mol. The summed E-state index contributed by atoms with van der Waals surface area (Å²) in [5.74, 6) is -0.746. The first kappa shape index (κ1) is 18.3. The van der Waals surface area contributed by atoms with Gasteiger partial charge in [-0.1, -0.05) is 18.2 Å². The quantitative estimate of drug-likeness (QED) is 0.583. The van der Waals surface area contributed by atoms with E-state index in [1.807, 2.05) is 24.3 Å². The summed E-state index contributed by atoms with van der Waals surface area (Å²) in [5, 5.41) is 10.5. The number of anilines is 1. The van der Waals surface area contributed by atoms with Crippen LogP contribution in [0, 0.1) is 18.2 Å². The summed E-state index contributed by atoms with van der Waals surface area (Å²) in [6.45, 7) is 1.69. The fraction of sp³-hybridized carbons (Fsp3) is 0.0952. The zero-order chi connectivity index (χ0) is 19.4. The minimum Gasteiger partial charge on any atom is -0.376 e. The van der Waals surface area contributed by atoms with Gasteiger partial charge in [-0.3, -0.25) is 9.78 Å². The molecule has 0 fully saturated rings. The number of halogens is 1. The van der Waals surface area contributed by atoms with Crippen LogP contribution in [0.15, 0.2) is 54.7 Å². The van der Waals surface area contributed by atoms with E-state index in [4.69, 9.17) is 11.1 Å². The summed E-state index contributed by atoms with van der Waals surface area (Å²) in [7, 11) is 0. The molecule has 0 atom stereocenters. The number of aryl methyl sites for hydroxylation is 1. The lowest BCUT2D eigenvalue weighted by molar-refractivity contribution is -0.116. The summed E-state index contributed by atoms with van der Waals surface area (Å²) < 4.78 is 13.6. The predicted octanol–water partition coefficient (Wildman–Crippen LogP) is 3.76. The molecule has 4 N–H and O–H groups in total. The maximum absolute atomic E-state index is 13.6. The van der Waals surface area contributed by atoms with Crippen molar-refractivity contribution in [1.82, 2.24) is 4.98 Å². The average Bonchev–Trinajstić information content (AvgIpc) is 2.68. The van der Waals surface area contributed by atoms with Gasteiger partial charge in [0.15, 0.2) is 0 Å². The molecule has 2 aromatic carbocycles. The molecule has 0 aliphatic carbocycles. The maximum Gasteiger partial charge on any atom is 0.236 e. The number of hydrogen-bond donors (Lipinski definition) is 3.